The molecule has 0 fully saturated rings. The highest BCUT2D eigenvalue weighted by Gasteiger charge is 2.19. The van der Waals surface area contributed by atoms with Crippen LogP contribution in [0.4, 0.5) is 4.39 Å². The van der Waals surface area contributed by atoms with Crippen molar-refractivity contribution >= 4 is 0 Å². The highest BCUT2D eigenvalue weighted by molar-refractivity contribution is 5.37. The summed E-state index contributed by atoms with van der Waals surface area (Å²) in [5.41, 5.74) is 0.573. The Morgan fingerprint density at radius 2 is 2.28 bits per heavy atom. The molecule has 0 aliphatic carbocycles. The zero-order valence-electron chi connectivity index (χ0n) is 11.0. The standard InChI is InChI=1S/C15H20FNO/c1-4-6-9-13(17-11-5-2)15-12(16)8-7-10-14(15)18-3/h1,7-8,10,13,17H,5-6,9,11H2,2-3H3. The van der Waals surface area contributed by atoms with Crippen LogP contribution in [0.15, 0.2) is 18.2 Å². The van der Waals surface area contributed by atoms with Crippen molar-refractivity contribution in [2.45, 2.75) is 32.2 Å². The van der Waals surface area contributed by atoms with E-state index in [1.54, 1.807) is 19.2 Å². The molecule has 0 heterocycles. The summed E-state index contributed by atoms with van der Waals surface area (Å²) in [6.45, 7) is 2.90. The average molecular weight is 249 g/mol. The molecule has 1 aromatic rings. The predicted molar refractivity (Wildman–Crippen MR) is 72.1 cm³/mol. The Balaban J connectivity index is 2.99. The van der Waals surface area contributed by atoms with E-state index in [-0.39, 0.29) is 11.9 Å². The number of hydrogen-bond acceptors (Lipinski definition) is 2. The monoisotopic (exact) mass is 249 g/mol. The van der Waals surface area contributed by atoms with Gasteiger partial charge in [-0.1, -0.05) is 13.0 Å². The maximum Gasteiger partial charge on any atom is 0.131 e. The van der Waals surface area contributed by atoms with Crippen LogP contribution in [0, 0.1) is 18.2 Å². The Labute approximate surface area is 109 Å². The number of rotatable bonds is 7. The zero-order chi connectivity index (χ0) is 13.4. The Hall–Kier alpha value is -1.53. The molecule has 2 nitrogen and oxygen atoms in total. The molecule has 0 aliphatic rings. The molecule has 1 atom stereocenters. The molecule has 1 unspecified atom stereocenters. The quantitative estimate of drug-likeness (QED) is 0.749. The second kappa shape index (κ2) is 7.73. The molecule has 0 amide bonds. The molecular weight excluding hydrogens is 229 g/mol. The van der Waals surface area contributed by atoms with Gasteiger partial charge in [0.15, 0.2) is 0 Å². The summed E-state index contributed by atoms with van der Waals surface area (Å²) in [5, 5.41) is 3.32. The van der Waals surface area contributed by atoms with Crippen molar-refractivity contribution in [3.8, 4) is 18.1 Å². The van der Waals surface area contributed by atoms with E-state index >= 15 is 0 Å². The van der Waals surface area contributed by atoms with Crippen LogP contribution in [0.5, 0.6) is 5.75 Å². The van der Waals surface area contributed by atoms with Gasteiger partial charge in [-0.3, -0.25) is 0 Å². The average Bonchev–Trinajstić information content (AvgIpc) is 2.39. The first kappa shape index (κ1) is 14.5. The van der Waals surface area contributed by atoms with Gasteiger partial charge in [0.25, 0.3) is 0 Å². The summed E-state index contributed by atoms with van der Waals surface area (Å²) in [5.74, 6) is 2.92. The first-order valence-corrected chi connectivity index (χ1v) is 6.23. The second-order valence-corrected chi connectivity index (χ2v) is 4.11. The topological polar surface area (TPSA) is 21.3 Å². The Morgan fingerprint density at radius 3 is 2.89 bits per heavy atom. The van der Waals surface area contributed by atoms with E-state index in [1.165, 1.54) is 6.07 Å². The first-order valence-electron chi connectivity index (χ1n) is 6.23. The van der Waals surface area contributed by atoms with Gasteiger partial charge in [0.1, 0.15) is 11.6 Å². The molecule has 1 N–H and O–H groups in total. The normalized spacial score (nSPS) is 11.9. The molecule has 18 heavy (non-hydrogen) atoms. The van der Waals surface area contributed by atoms with Crippen LogP contribution in [0.25, 0.3) is 0 Å². The minimum Gasteiger partial charge on any atom is -0.496 e. The van der Waals surface area contributed by atoms with E-state index in [1.807, 2.05) is 0 Å². The van der Waals surface area contributed by atoms with Crippen molar-refractivity contribution in [2.24, 2.45) is 0 Å². The van der Waals surface area contributed by atoms with Gasteiger partial charge in [0, 0.05) is 18.0 Å². The lowest BCUT2D eigenvalue weighted by Crippen LogP contribution is -2.23. The van der Waals surface area contributed by atoms with Crippen LogP contribution in [-0.2, 0) is 0 Å². The third-order valence-corrected chi connectivity index (χ3v) is 2.80. The van der Waals surface area contributed by atoms with Gasteiger partial charge in [-0.2, -0.15) is 0 Å². The van der Waals surface area contributed by atoms with E-state index in [0.29, 0.717) is 24.2 Å². The second-order valence-electron chi connectivity index (χ2n) is 4.11. The number of terminal acetylenes is 1. The highest BCUT2D eigenvalue weighted by atomic mass is 19.1. The fourth-order valence-corrected chi connectivity index (χ4v) is 1.93. The van der Waals surface area contributed by atoms with Crippen molar-refractivity contribution in [1.82, 2.24) is 5.32 Å². The molecule has 0 aliphatic heterocycles. The summed E-state index contributed by atoms with van der Waals surface area (Å²) >= 11 is 0. The van der Waals surface area contributed by atoms with Crippen LogP contribution >= 0.6 is 0 Å². The van der Waals surface area contributed by atoms with E-state index in [2.05, 4.69) is 18.2 Å². The molecule has 0 spiro atoms. The zero-order valence-corrected chi connectivity index (χ0v) is 11.0. The maximum atomic E-state index is 14.0. The van der Waals surface area contributed by atoms with Crippen molar-refractivity contribution in [3.63, 3.8) is 0 Å². The molecule has 0 bridgehead atoms. The lowest BCUT2D eigenvalue weighted by atomic mass is 10.00. The summed E-state index contributed by atoms with van der Waals surface area (Å²) in [6, 6.07) is 4.77. The lowest BCUT2D eigenvalue weighted by molar-refractivity contribution is 0.386. The molecule has 3 heteroatoms. The van der Waals surface area contributed by atoms with Crippen LogP contribution < -0.4 is 10.1 Å². The molecule has 0 saturated carbocycles. The summed E-state index contributed by atoms with van der Waals surface area (Å²) in [7, 11) is 1.55. The van der Waals surface area contributed by atoms with Gasteiger partial charge in [-0.15, -0.1) is 12.3 Å². The third-order valence-electron chi connectivity index (χ3n) is 2.80. The fourth-order valence-electron chi connectivity index (χ4n) is 1.93. The van der Waals surface area contributed by atoms with Gasteiger partial charge in [0.05, 0.1) is 7.11 Å². The van der Waals surface area contributed by atoms with Crippen LogP contribution in [0.2, 0.25) is 0 Å². The van der Waals surface area contributed by atoms with Crippen LogP contribution in [-0.4, -0.2) is 13.7 Å². The Kier molecular flexibility index (Phi) is 6.24. The number of nitrogens with one attached hydrogen (secondary N) is 1. The van der Waals surface area contributed by atoms with Crippen LogP contribution in [0.3, 0.4) is 0 Å². The minimum absolute atomic E-state index is 0.0999. The van der Waals surface area contributed by atoms with Crippen molar-refractivity contribution in [2.75, 3.05) is 13.7 Å². The number of ether oxygens (including phenoxy) is 1. The van der Waals surface area contributed by atoms with Crippen molar-refractivity contribution in [3.05, 3.63) is 29.6 Å². The molecule has 0 saturated heterocycles. The van der Waals surface area contributed by atoms with Gasteiger partial charge in [0.2, 0.25) is 0 Å². The maximum absolute atomic E-state index is 14.0. The fraction of sp³-hybridized carbons (Fsp3) is 0.467. The largest absolute Gasteiger partial charge is 0.496 e. The number of halogens is 1. The van der Waals surface area contributed by atoms with Gasteiger partial charge < -0.3 is 10.1 Å². The van der Waals surface area contributed by atoms with Gasteiger partial charge in [-0.25, -0.2) is 4.39 Å². The molecular formula is C15H20FNO. The summed E-state index contributed by atoms with van der Waals surface area (Å²) in [6.07, 6.45) is 7.59. The van der Waals surface area contributed by atoms with Gasteiger partial charge >= 0.3 is 0 Å². The van der Waals surface area contributed by atoms with Gasteiger partial charge in [-0.05, 0) is 31.5 Å². The third kappa shape index (κ3) is 3.75. The molecule has 0 aromatic heterocycles. The smallest absolute Gasteiger partial charge is 0.131 e. The van der Waals surface area contributed by atoms with Crippen molar-refractivity contribution in [1.29, 1.82) is 0 Å². The first-order chi connectivity index (χ1) is 8.74. The summed E-state index contributed by atoms with van der Waals surface area (Å²) in [4.78, 5) is 0. The Bertz CT molecular complexity index is 411. The lowest BCUT2D eigenvalue weighted by Gasteiger charge is -2.21. The molecule has 98 valence electrons. The molecule has 0 radical (unpaired) electrons. The highest BCUT2D eigenvalue weighted by Crippen LogP contribution is 2.30. The van der Waals surface area contributed by atoms with E-state index in [4.69, 9.17) is 11.2 Å². The SMILES string of the molecule is C#CCCC(NCCC)c1c(F)cccc1OC. The predicted octanol–water partition coefficient (Wildman–Crippen LogP) is 3.29. The Morgan fingerprint density at radius 1 is 1.50 bits per heavy atom. The summed E-state index contributed by atoms with van der Waals surface area (Å²) < 4.78 is 19.2. The van der Waals surface area contributed by atoms with E-state index in [0.717, 1.165) is 13.0 Å². The number of methoxy groups -OCH3 is 1. The van der Waals surface area contributed by atoms with E-state index in [9.17, 15) is 4.39 Å². The molecule has 1 rings (SSSR count). The number of benzene rings is 1. The minimum atomic E-state index is -0.250. The van der Waals surface area contributed by atoms with E-state index < -0.39 is 0 Å². The van der Waals surface area contributed by atoms with Crippen molar-refractivity contribution < 1.29 is 9.13 Å². The number of hydrogen-bond donors (Lipinski definition) is 1. The molecule has 1 aromatic carbocycles. The van der Waals surface area contributed by atoms with Crippen LogP contribution in [0.1, 0.15) is 37.8 Å².